The number of hydrogen-bond acceptors (Lipinski definition) is 4. The van der Waals surface area contributed by atoms with Crippen molar-refractivity contribution >= 4 is 40.0 Å². The maximum atomic E-state index is 12.2. The predicted molar refractivity (Wildman–Crippen MR) is 74.3 cm³/mol. The summed E-state index contributed by atoms with van der Waals surface area (Å²) in [5.41, 5.74) is 5.98. The van der Waals surface area contributed by atoms with E-state index < -0.39 is 28.0 Å². The van der Waals surface area contributed by atoms with Gasteiger partial charge >= 0.3 is 6.03 Å². The number of rotatable bonds is 3. The SMILES string of the molecule is CNC(=O)NC(=O)C(C)S(=O)c1cc(N)ccc1Cl. The zero-order valence-corrected chi connectivity index (χ0v) is 12.0. The number of halogens is 1. The summed E-state index contributed by atoms with van der Waals surface area (Å²) in [4.78, 5) is 23.0. The van der Waals surface area contributed by atoms with Gasteiger partial charge in [-0.15, -0.1) is 0 Å². The van der Waals surface area contributed by atoms with Crippen LogP contribution in [0.15, 0.2) is 23.1 Å². The summed E-state index contributed by atoms with van der Waals surface area (Å²) in [6.07, 6.45) is 0. The lowest BCUT2D eigenvalue weighted by Gasteiger charge is -2.12. The zero-order valence-electron chi connectivity index (χ0n) is 10.4. The number of carbonyl (C=O) groups excluding carboxylic acids is 2. The van der Waals surface area contributed by atoms with E-state index in [-0.39, 0.29) is 9.92 Å². The third-order valence-corrected chi connectivity index (χ3v) is 4.40. The number of nitrogen functional groups attached to an aromatic ring is 1. The Morgan fingerprint density at radius 1 is 1.42 bits per heavy atom. The maximum Gasteiger partial charge on any atom is 0.321 e. The standard InChI is InChI=1S/C11H14ClN3O3S/c1-6(10(16)15-11(17)14-2)19(18)9-5-7(13)3-4-8(9)12/h3-6H,13H2,1-2H3,(H2,14,15,16,17). The van der Waals surface area contributed by atoms with Crippen molar-refractivity contribution in [1.82, 2.24) is 10.6 Å². The largest absolute Gasteiger partial charge is 0.399 e. The topological polar surface area (TPSA) is 101 Å². The van der Waals surface area contributed by atoms with Gasteiger partial charge in [-0.1, -0.05) is 11.6 Å². The monoisotopic (exact) mass is 303 g/mol. The van der Waals surface area contributed by atoms with Crippen LogP contribution in [0.3, 0.4) is 0 Å². The Labute approximate surface area is 118 Å². The number of nitrogens with one attached hydrogen (secondary N) is 2. The molecule has 0 fully saturated rings. The van der Waals surface area contributed by atoms with Gasteiger partial charge < -0.3 is 11.1 Å². The molecule has 0 heterocycles. The lowest BCUT2D eigenvalue weighted by atomic mass is 10.3. The molecule has 0 aliphatic heterocycles. The number of carbonyl (C=O) groups is 2. The summed E-state index contributed by atoms with van der Waals surface area (Å²) < 4.78 is 12.2. The summed E-state index contributed by atoms with van der Waals surface area (Å²) in [5, 5.41) is 3.61. The molecule has 104 valence electrons. The van der Waals surface area contributed by atoms with Crippen LogP contribution < -0.4 is 16.4 Å². The van der Waals surface area contributed by atoms with Gasteiger partial charge in [0.1, 0.15) is 5.25 Å². The first-order valence-electron chi connectivity index (χ1n) is 5.35. The van der Waals surface area contributed by atoms with E-state index in [1.54, 1.807) is 6.07 Å². The Kier molecular flexibility index (Phi) is 5.31. The molecular weight excluding hydrogens is 290 g/mol. The van der Waals surface area contributed by atoms with Crippen molar-refractivity contribution in [2.24, 2.45) is 0 Å². The molecular formula is C11H14ClN3O3S. The first-order valence-corrected chi connectivity index (χ1v) is 6.94. The number of urea groups is 1. The summed E-state index contributed by atoms with van der Waals surface area (Å²) in [6, 6.07) is 3.86. The van der Waals surface area contributed by atoms with Crippen molar-refractivity contribution in [1.29, 1.82) is 0 Å². The van der Waals surface area contributed by atoms with Crippen molar-refractivity contribution in [3.8, 4) is 0 Å². The van der Waals surface area contributed by atoms with E-state index in [0.717, 1.165) is 0 Å². The van der Waals surface area contributed by atoms with Crippen molar-refractivity contribution < 1.29 is 13.8 Å². The first-order chi connectivity index (χ1) is 8.86. The van der Waals surface area contributed by atoms with Gasteiger partial charge in [0, 0.05) is 12.7 Å². The minimum atomic E-state index is -1.70. The Morgan fingerprint density at radius 2 is 2.05 bits per heavy atom. The molecule has 3 amide bonds. The van der Waals surface area contributed by atoms with Gasteiger partial charge in [-0.05, 0) is 25.1 Å². The number of hydrogen-bond donors (Lipinski definition) is 3. The molecule has 4 N–H and O–H groups in total. The second-order valence-electron chi connectivity index (χ2n) is 3.70. The van der Waals surface area contributed by atoms with Crippen LogP contribution >= 0.6 is 11.6 Å². The third-order valence-electron chi connectivity index (χ3n) is 2.33. The molecule has 1 aromatic carbocycles. The van der Waals surface area contributed by atoms with Crippen LogP contribution in [-0.2, 0) is 15.6 Å². The fraction of sp³-hybridized carbons (Fsp3) is 0.273. The van der Waals surface area contributed by atoms with E-state index >= 15 is 0 Å². The lowest BCUT2D eigenvalue weighted by Crippen LogP contribution is -2.43. The normalized spacial score (nSPS) is 13.4. The van der Waals surface area contributed by atoms with E-state index in [1.165, 1.54) is 26.1 Å². The smallest absolute Gasteiger partial charge is 0.321 e. The van der Waals surface area contributed by atoms with Gasteiger partial charge in [-0.2, -0.15) is 0 Å². The highest BCUT2D eigenvalue weighted by molar-refractivity contribution is 7.86. The molecule has 8 heteroatoms. The van der Waals surface area contributed by atoms with Gasteiger partial charge in [0.05, 0.1) is 20.7 Å². The number of benzene rings is 1. The molecule has 19 heavy (non-hydrogen) atoms. The number of imide groups is 1. The van der Waals surface area contributed by atoms with Crippen molar-refractivity contribution in [3.05, 3.63) is 23.2 Å². The van der Waals surface area contributed by atoms with Crippen LogP contribution in [0.1, 0.15) is 6.92 Å². The Balaban J connectivity index is 2.90. The highest BCUT2D eigenvalue weighted by Gasteiger charge is 2.24. The second kappa shape index (κ2) is 6.53. The first kappa shape index (κ1) is 15.5. The quantitative estimate of drug-likeness (QED) is 0.721. The van der Waals surface area contributed by atoms with Crippen molar-refractivity contribution in [3.63, 3.8) is 0 Å². The minimum absolute atomic E-state index is 0.257. The molecule has 0 radical (unpaired) electrons. The van der Waals surface area contributed by atoms with Crippen LogP contribution in [-0.4, -0.2) is 28.4 Å². The number of amides is 3. The molecule has 0 aliphatic rings. The molecule has 0 saturated heterocycles. The summed E-state index contributed by atoms with van der Waals surface area (Å²) in [6.45, 7) is 1.44. The van der Waals surface area contributed by atoms with Crippen LogP contribution in [0.4, 0.5) is 10.5 Å². The van der Waals surface area contributed by atoms with Gasteiger partial charge in [0.15, 0.2) is 0 Å². The van der Waals surface area contributed by atoms with Crippen LogP contribution in [0.2, 0.25) is 5.02 Å². The van der Waals surface area contributed by atoms with Gasteiger partial charge in [-0.3, -0.25) is 14.3 Å². The van der Waals surface area contributed by atoms with Crippen molar-refractivity contribution in [2.75, 3.05) is 12.8 Å². The van der Waals surface area contributed by atoms with Gasteiger partial charge in [-0.25, -0.2) is 4.79 Å². The average Bonchev–Trinajstić information content (AvgIpc) is 2.39. The molecule has 2 atom stereocenters. The fourth-order valence-electron chi connectivity index (χ4n) is 1.24. The summed E-state index contributed by atoms with van der Waals surface area (Å²) >= 11 is 5.91. The lowest BCUT2D eigenvalue weighted by molar-refractivity contribution is -0.119. The Hall–Kier alpha value is -1.60. The van der Waals surface area contributed by atoms with E-state index in [9.17, 15) is 13.8 Å². The molecule has 1 rings (SSSR count). The van der Waals surface area contributed by atoms with Crippen LogP contribution in [0.5, 0.6) is 0 Å². The fourth-order valence-corrected chi connectivity index (χ4v) is 2.73. The maximum absolute atomic E-state index is 12.2. The molecule has 0 saturated carbocycles. The number of nitrogens with two attached hydrogens (primary N) is 1. The predicted octanol–water partition coefficient (Wildman–Crippen LogP) is 0.874. The molecule has 0 bridgehead atoms. The van der Waals surface area contributed by atoms with Gasteiger partial charge in [0.2, 0.25) is 5.91 Å². The third kappa shape index (κ3) is 3.93. The number of anilines is 1. The zero-order chi connectivity index (χ0) is 14.6. The van der Waals surface area contributed by atoms with E-state index in [2.05, 4.69) is 10.6 Å². The Morgan fingerprint density at radius 3 is 2.63 bits per heavy atom. The Bertz CT molecular complexity index is 536. The summed E-state index contributed by atoms with van der Waals surface area (Å²) in [7, 11) is -0.328. The van der Waals surface area contributed by atoms with E-state index in [1.807, 2.05) is 0 Å². The molecule has 2 unspecified atom stereocenters. The minimum Gasteiger partial charge on any atom is -0.399 e. The van der Waals surface area contributed by atoms with E-state index in [4.69, 9.17) is 17.3 Å². The van der Waals surface area contributed by atoms with E-state index in [0.29, 0.717) is 5.69 Å². The van der Waals surface area contributed by atoms with Gasteiger partial charge in [0.25, 0.3) is 0 Å². The second-order valence-corrected chi connectivity index (χ2v) is 5.85. The van der Waals surface area contributed by atoms with Crippen LogP contribution in [0, 0.1) is 0 Å². The summed E-state index contributed by atoms with van der Waals surface area (Å²) in [5.74, 6) is -0.656. The molecule has 0 aromatic heterocycles. The molecule has 0 spiro atoms. The van der Waals surface area contributed by atoms with Crippen LogP contribution in [0.25, 0.3) is 0 Å². The highest BCUT2D eigenvalue weighted by atomic mass is 35.5. The molecule has 1 aromatic rings. The average molecular weight is 304 g/mol. The molecule has 0 aliphatic carbocycles. The highest BCUT2D eigenvalue weighted by Crippen LogP contribution is 2.24. The van der Waals surface area contributed by atoms with Crippen molar-refractivity contribution in [2.45, 2.75) is 17.1 Å². The molecule has 6 nitrogen and oxygen atoms in total.